The summed E-state index contributed by atoms with van der Waals surface area (Å²) in [4.78, 5) is 29.5. The molecule has 1 saturated heterocycles. The zero-order valence-corrected chi connectivity index (χ0v) is 19.5. The Hall–Kier alpha value is -3.09. The number of hydrogen-bond acceptors (Lipinski definition) is 2. The van der Waals surface area contributed by atoms with Crippen LogP contribution < -0.4 is 10.2 Å². The Labute approximate surface area is 201 Å². The van der Waals surface area contributed by atoms with Gasteiger partial charge in [0.15, 0.2) is 0 Å². The number of halogens is 3. The van der Waals surface area contributed by atoms with Crippen LogP contribution in [0.15, 0.2) is 60.7 Å². The molecule has 0 saturated carbocycles. The number of nitrogens with zero attached hydrogens (tertiary/aromatic N) is 2. The lowest BCUT2D eigenvalue weighted by atomic mass is 10.1. The van der Waals surface area contributed by atoms with Gasteiger partial charge in [-0.1, -0.05) is 41.4 Å². The fourth-order valence-corrected chi connectivity index (χ4v) is 4.14. The highest BCUT2D eigenvalue weighted by Crippen LogP contribution is 2.31. The van der Waals surface area contributed by atoms with Gasteiger partial charge in [-0.15, -0.1) is 0 Å². The van der Waals surface area contributed by atoms with Crippen LogP contribution in [0.2, 0.25) is 10.0 Å². The molecular formula is C25H22Cl2FN3O2. The van der Waals surface area contributed by atoms with Crippen molar-refractivity contribution in [2.24, 2.45) is 0 Å². The summed E-state index contributed by atoms with van der Waals surface area (Å²) in [6.07, 6.45) is 0.762. The van der Waals surface area contributed by atoms with Gasteiger partial charge in [0.2, 0.25) is 0 Å². The highest BCUT2D eigenvalue weighted by molar-refractivity contribution is 6.42. The summed E-state index contributed by atoms with van der Waals surface area (Å²) in [6, 6.07) is 16.1. The van der Waals surface area contributed by atoms with Crippen LogP contribution >= 0.6 is 23.2 Å². The number of rotatable bonds is 5. The van der Waals surface area contributed by atoms with Gasteiger partial charge in [0, 0.05) is 25.2 Å². The largest absolute Gasteiger partial charge is 0.324 e. The SMILES string of the molecule is Cc1ccc(N2CCCN(Cc3ccc(Cl)c(Cl)c3)C2=O)c(NC(=O)c2cccc(F)c2)c1. The fourth-order valence-electron chi connectivity index (χ4n) is 3.82. The maximum atomic E-state index is 13.6. The zero-order chi connectivity index (χ0) is 23.5. The first-order valence-corrected chi connectivity index (χ1v) is 11.3. The number of carbonyl (C=O) groups is 2. The molecule has 0 radical (unpaired) electrons. The molecule has 1 heterocycles. The van der Waals surface area contributed by atoms with E-state index in [0.717, 1.165) is 17.5 Å². The summed E-state index contributed by atoms with van der Waals surface area (Å²) in [5, 5.41) is 3.75. The van der Waals surface area contributed by atoms with Gasteiger partial charge in [0.05, 0.1) is 21.4 Å². The van der Waals surface area contributed by atoms with Crippen LogP contribution in [-0.4, -0.2) is 29.9 Å². The van der Waals surface area contributed by atoms with Gasteiger partial charge < -0.3 is 10.2 Å². The third-order valence-electron chi connectivity index (χ3n) is 5.45. The van der Waals surface area contributed by atoms with Crippen LogP contribution in [0.1, 0.15) is 27.9 Å². The summed E-state index contributed by atoms with van der Waals surface area (Å²) in [7, 11) is 0. The molecule has 1 N–H and O–H groups in total. The van der Waals surface area contributed by atoms with Crippen molar-refractivity contribution in [3.63, 3.8) is 0 Å². The number of amides is 3. The molecule has 1 aliphatic rings. The number of carbonyl (C=O) groups excluding carboxylic acids is 2. The number of anilines is 2. The van der Waals surface area contributed by atoms with Crippen molar-refractivity contribution in [1.29, 1.82) is 0 Å². The smallest absolute Gasteiger partial charge is 0.320 e. The standard InChI is InChI=1S/C25H22Cl2FN3O2/c1-16-6-9-23(22(12-16)29-24(32)18-4-2-5-19(28)14-18)31-11-3-10-30(25(31)33)15-17-7-8-20(26)21(27)13-17/h2,4-9,12-14H,3,10-11,15H2,1H3,(H,29,32). The summed E-state index contributed by atoms with van der Waals surface area (Å²) < 4.78 is 13.6. The summed E-state index contributed by atoms with van der Waals surface area (Å²) in [5.41, 5.74) is 3.09. The van der Waals surface area contributed by atoms with E-state index < -0.39 is 11.7 Å². The molecule has 33 heavy (non-hydrogen) atoms. The van der Waals surface area contributed by atoms with Crippen molar-refractivity contribution < 1.29 is 14.0 Å². The van der Waals surface area contributed by atoms with Crippen LogP contribution in [0.25, 0.3) is 0 Å². The van der Waals surface area contributed by atoms with Crippen molar-refractivity contribution in [2.75, 3.05) is 23.3 Å². The molecule has 1 aliphatic heterocycles. The Kier molecular flexibility index (Phi) is 6.86. The van der Waals surface area contributed by atoms with E-state index in [0.29, 0.717) is 41.1 Å². The molecule has 8 heteroatoms. The highest BCUT2D eigenvalue weighted by atomic mass is 35.5. The second-order valence-electron chi connectivity index (χ2n) is 7.94. The molecule has 3 amide bonds. The second kappa shape index (κ2) is 9.81. The van der Waals surface area contributed by atoms with Crippen molar-refractivity contribution in [3.8, 4) is 0 Å². The molecule has 0 atom stereocenters. The van der Waals surface area contributed by atoms with Gasteiger partial charge in [-0.05, 0) is 66.9 Å². The monoisotopic (exact) mass is 485 g/mol. The minimum Gasteiger partial charge on any atom is -0.320 e. The molecule has 5 nitrogen and oxygen atoms in total. The zero-order valence-electron chi connectivity index (χ0n) is 17.9. The number of hydrogen-bond donors (Lipinski definition) is 1. The maximum Gasteiger partial charge on any atom is 0.324 e. The first kappa shape index (κ1) is 23.1. The van der Waals surface area contributed by atoms with Crippen LogP contribution in [-0.2, 0) is 6.54 Å². The van der Waals surface area contributed by atoms with E-state index in [1.807, 2.05) is 25.1 Å². The van der Waals surface area contributed by atoms with Gasteiger partial charge in [-0.3, -0.25) is 9.69 Å². The third-order valence-corrected chi connectivity index (χ3v) is 6.19. The minimum absolute atomic E-state index is 0.169. The molecule has 0 spiro atoms. The first-order chi connectivity index (χ1) is 15.8. The summed E-state index contributed by atoms with van der Waals surface area (Å²) in [6.45, 7) is 3.41. The van der Waals surface area contributed by atoms with Crippen molar-refractivity contribution in [2.45, 2.75) is 19.9 Å². The molecular weight excluding hydrogens is 464 g/mol. The van der Waals surface area contributed by atoms with Crippen LogP contribution in [0.4, 0.5) is 20.6 Å². The predicted octanol–water partition coefficient (Wildman–Crippen LogP) is 6.53. The third kappa shape index (κ3) is 5.29. The normalized spacial score (nSPS) is 13.9. The lowest BCUT2D eigenvalue weighted by Crippen LogP contribution is -2.49. The lowest BCUT2D eigenvalue weighted by Gasteiger charge is -2.36. The molecule has 1 fully saturated rings. The summed E-state index contributed by atoms with van der Waals surface area (Å²) in [5.74, 6) is -0.935. The van der Waals surface area contributed by atoms with Crippen molar-refractivity contribution in [1.82, 2.24) is 4.90 Å². The van der Waals surface area contributed by atoms with Gasteiger partial charge in [0.25, 0.3) is 5.91 Å². The lowest BCUT2D eigenvalue weighted by molar-refractivity contribution is 0.102. The number of urea groups is 1. The quantitative estimate of drug-likeness (QED) is 0.446. The van der Waals surface area contributed by atoms with Gasteiger partial charge in [-0.2, -0.15) is 0 Å². The van der Waals surface area contributed by atoms with Gasteiger partial charge in [-0.25, -0.2) is 9.18 Å². The second-order valence-corrected chi connectivity index (χ2v) is 8.76. The molecule has 3 aromatic rings. The summed E-state index contributed by atoms with van der Waals surface area (Å²) >= 11 is 12.1. The Morgan fingerprint density at radius 1 is 1.03 bits per heavy atom. The molecule has 3 aromatic carbocycles. The average Bonchev–Trinajstić information content (AvgIpc) is 2.78. The van der Waals surface area contributed by atoms with Crippen LogP contribution in [0.5, 0.6) is 0 Å². The highest BCUT2D eigenvalue weighted by Gasteiger charge is 2.29. The maximum absolute atomic E-state index is 13.6. The molecule has 0 aliphatic carbocycles. The fraction of sp³-hybridized carbons (Fsp3) is 0.200. The van der Waals surface area contributed by atoms with Crippen LogP contribution in [0.3, 0.4) is 0 Å². The van der Waals surface area contributed by atoms with Gasteiger partial charge >= 0.3 is 6.03 Å². The van der Waals surface area contributed by atoms with E-state index in [4.69, 9.17) is 23.2 Å². The molecule has 4 rings (SSSR count). The Balaban J connectivity index is 1.58. The van der Waals surface area contributed by atoms with E-state index in [9.17, 15) is 14.0 Å². The van der Waals surface area contributed by atoms with Crippen molar-refractivity contribution in [3.05, 3.63) is 93.2 Å². The average molecular weight is 486 g/mol. The van der Waals surface area contributed by atoms with Crippen LogP contribution in [0, 0.1) is 12.7 Å². The Morgan fingerprint density at radius 3 is 2.61 bits per heavy atom. The van der Waals surface area contributed by atoms with E-state index in [2.05, 4.69) is 5.32 Å². The Bertz CT molecular complexity index is 1220. The van der Waals surface area contributed by atoms with E-state index in [-0.39, 0.29) is 11.6 Å². The molecule has 0 aromatic heterocycles. The van der Waals surface area contributed by atoms with E-state index >= 15 is 0 Å². The number of benzene rings is 3. The molecule has 0 unspecified atom stereocenters. The first-order valence-electron chi connectivity index (χ1n) is 10.5. The number of nitrogens with one attached hydrogen (secondary N) is 1. The molecule has 0 bridgehead atoms. The van der Waals surface area contributed by atoms with E-state index in [1.54, 1.807) is 34.1 Å². The van der Waals surface area contributed by atoms with Crippen molar-refractivity contribution >= 4 is 46.5 Å². The minimum atomic E-state index is -0.490. The van der Waals surface area contributed by atoms with E-state index in [1.165, 1.54) is 18.2 Å². The topological polar surface area (TPSA) is 52.6 Å². The predicted molar refractivity (Wildman–Crippen MR) is 130 cm³/mol. The van der Waals surface area contributed by atoms with Gasteiger partial charge in [0.1, 0.15) is 5.82 Å². The Morgan fingerprint density at radius 2 is 1.85 bits per heavy atom. The molecule has 170 valence electrons. The number of aryl methyl sites for hydroxylation is 1.